The molecular formula is C15H23N5O2. The molecule has 0 radical (unpaired) electrons. The monoisotopic (exact) mass is 305 g/mol. The van der Waals surface area contributed by atoms with Gasteiger partial charge in [-0.05, 0) is 19.9 Å². The average Bonchev–Trinajstić information content (AvgIpc) is 2.86. The van der Waals surface area contributed by atoms with Crippen LogP contribution in [0.3, 0.4) is 0 Å². The van der Waals surface area contributed by atoms with Crippen LogP contribution in [0.2, 0.25) is 0 Å². The van der Waals surface area contributed by atoms with Crippen molar-refractivity contribution in [3.8, 4) is 0 Å². The molecule has 1 fully saturated rings. The quantitative estimate of drug-likeness (QED) is 0.839. The van der Waals surface area contributed by atoms with E-state index in [1.165, 1.54) is 0 Å². The zero-order chi connectivity index (χ0) is 15.6. The number of aromatic nitrogens is 3. The van der Waals surface area contributed by atoms with Gasteiger partial charge in [0.2, 0.25) is 0 Å². The summed E-state index contributed by atoms with van der Waals surface area (Å²) in [4.78, 5) is 6.58. The third kappa shape index (κ3) is 3.55. The van der Waals surface area contributed by atoms with Gasteiger partial charge in [0.15, 0.2) is 5.82 Å². The van der Waals surface area contributed by atoms with E-state index in [0.717, 1.165) is 43.3 Å². The summed E-state index contributed by atoms with van der Waals surface area (Å²) in [5.74, 6) is 0.741. The topological polar surface area (TPSA) is 74.9 Å². The Kier molecular flexibility index (Phi) is 4.28. The number of hydrogen-bond acceptors (Lipinski definition) is 6. The van der Waals surface area contributed by atoms with Gasteiger partial charge in [-0.25, -0.2) is 9.50 Å². The number of β-amino-alcohol motifs (C(OH)–C–C–N with tert-alkyl or cyclic N) is 1. The molecule has 2 N–H and O–H groups in total. The first kappa shape index (κ1) is 15.2. The van der Waals surface area contributed by atoms with Crippen LogP contribution < -0.4 is 5.32 Å². The zero-order valence-corrected chi connectivity index (χ0v) is 13.1. The Morgan fingerprint density at radius 2 is 2.18 bits per heavy atom. The summed E-state index contributed by atoms with van der Waals surface area (Å²) in [6.45, 7) is 8.05. The number of ether oxygens (including phenoxy) is 1. The molecule has 1 atom stereocenters. The van der Waals surface area contributed by atoms with Crippen LogP contribution in [0.1, 0.15) is 12.6 Å². The number of aliphatic hydroxyl groups is 1. The molecule has 0 saturated carbocycles. The maximum absolute atomic E-state index is 10.6. The highest BCUT2D eigenvalue weighted by molar-refractivity contribution is 5.67. The third-order valence-corrected chi connectivity index (χ3v) is 3.82. The summed E-state index contributed by atoms with van der Waals surface area (Å²) >= 11 is 0. The lowest BCUT2D eigenvalue weighted by Gasteiger charge is -2.34. The average molecular weight is 305 g/mol. The summed E-state index contributed by atoms with van der Waals surface area (Å²) < 4.78 is 7.13. The van der Waals surface area contributed by atoms with Crippen LogP contribution in [0.15, 0.2) is 18.5 Å². The number of hydrogen-bond donors (Lipinski definition) is 2. The molecule has 22 heavy (non-hydrogen) atoms. The van der Waals surface area contributed by atoms with Crippen molar-refractivity contribution in [2.75, 3.05) is 44.7 Å². The van der Waals surface area contributed by atoms with Crippen molar-refractivity contribution in [3.05, 3.63) is 24.2 Å². The molecule has 0 amide bonds. The first-order valence-electron chi connectivity index (χ1n) is 7.61. The van der Waals surface area contributed by atoms with Crippen molar-refractivity contribution >= 4 is 11.3 Å². The maximum atomic E-state index is 10.6. The number of rotatable bonds is 5. The van der Waals surface area contributed by atoms with Crippen LogP contribution in [-0.4, -0.2) is 69.6 Å². The highest BCUT2D eigenvalue weighted by atomic mass is 16.5. The predicted molar refractivity (Wildman–Crippen MR) is 84.1 cm³/mol. The third-order valence-electron chi connectivity index (χ3n) is 3.82. The van der Waals surface area contributed by atoms with Gasteiger partial charge in [-0.2, -0.15) is 5.10 Å². The van der Waals surface area contributed by atoms with E-state index in [1.54, 1.807) is 10.7 Å². The first-order valence-corrected chi connectivity index (χ1v) is 7.61. The minimum Gasteiger partial charge on any atom is -0.387 e. The van der Waals surface area contributed by atoms with Crippen LogP contribution in [-0.2, 0) is 4.74 Å². The fourth-order valence-electron chi connectivity index (χ4n) is 2.75. The second kappa shape index (κ2) is 6.20. The van der Waals surface area contributed by atoms with Gasteiger partial charge in [0, 0.05) is 38.6 Å². The van der Waals surface area contributed by atoms with Gasteiger partial charge in [0.05, 0.1) is 24.5 Å². The molecule has 3 rings (SSSR count). The molecule has 3 heterocycles. The van der Waals surface area contributed by atoms with Gasteiger partial charge in [-0.15, -0.1) is 0 Å². The molecule has 120 valence electrons. The second-order valence-corrected chi connectivity index (χ2v) is 6.13. The Morgan fingerprint density at radius 1 is 1.41 bits per heavy atom. The smallest absolute Gasteiger partial charge is 0.152 e. The predicted octanol–water partition coefficient (Wildman–Crippen LogP) is 0.533. The van der Waals surface area contributed by atoms with Crippen LogP contribution in [0, 0.1) is 6.92 Å². The number of aryl methyl sites for hydroxylation is 1. The number of nitrogens with one attached hydrogen (secondary N) is 1. The fraction of sp³-hybridized carbons (Fsp3) is 0.600. The Bertz CT molecular complexity index is 634. The molecule has 0 bridgehead atoms. The zero-order valence-electron chi connectivity index (χ0n) is 13.1. The molecule has 1 aliphatic rings. The SMILES string of the molecule is Cc1cc2c(NCC(C)(O)CN3CCOCC3)nccn2n1. The number of anilines is 1. The van der Waals surface area contributed by atoms with Crippen LogP contribution in [0.5, 0.6) is 0 Å². The Balaban J connectivity index is 1.64. The minimum absolute atomic E-state index is 0.432. The number of fused-ring (bicyclic) bond motifs is 1. The number of nitrogens with zero attached hydrogens (tertiary/aromatic N) is 4. The van der Waals surface area contributed by atoms with E-state index in [-0.39, 0.29) is 0 Å². The lowest BCUT2D eigenvalue weighted by atomic mass is 10.1. The summed E-state index contributed by atoms with van der Waals surface area (Å²) in [6.07, 6.45) is 3.53. The molecule has 2 aromatic heterocycles. The van der Waals surface area contributed by atoms with E-state index in [9.17, 15) is 5.11 Å². The molecule has 0 aromatic carbocycles. The molecule has 0 spiro atoms. The molecular weight excluding hydrogens is 282 g/mol. The van der Waals surface area contributed by atoms with Gasteiger partial charge in [0.1, 0.15) is 5.52 Å². The van der Waals surface area contributed by atoms with E-state index in [2.05, 4.69) is 20.3 Å². The fourth-order valence-corrected chi connectivity index (χ4v) is 2.75. The van der Waals surface area contributed by atoms with Crippen molar-refractivity contribution < 1.29 is 9.84 Å². The van der Waals surface area contributed by atoms with E-state index in [1.807, 2.05) is 26.1 Å². The second-order valence-electron chi connectivity index (χ2n) is 6.13. The summed E-state index contributed by atoms with van der Waals surface area (Å²) in [5.41, 5.74) is 1.03. The highest BCUT2D eigenvalue weighted by Crippen LogP contribution is 2.16. The molecule has 7 heteroatoms. The van der Waals surface area contributed by atoms with E-state index >= 15 is 0 Å². The Labute approximate surface area is 129 Å². The molecule has 0 aliphatic carbocycles. The van der Waals surface area contributed by atoms with Gasteiger partial charge in [0.25, 0.3) is 0 Å². The minimum atomic E-state index is -0.832. The largest absolute Gasteiger partial charge is 0.387 e. The van der Waals surface area contributed by atoms with Crippen molar-refractivity contribution in [2.45, 2.75) is 19.4 Å². The van der Waals surface area contributed by atoms with Gasteiger partial charge in [-0.3, -0.25) is 4.90 Å². The van der Waals surface area contributed by atoms with Crippen molar-refractivity contribution in [3.63, 3.8) is 0 Å². The van der Waals surface area contributed by atoms with E-state index in [0.29, 0.717) is 13.1 Å². The van der Waals surface area contributed by atoms with Crippen LogP contribution in [0.25, 0.3) is 5.52 Å². The molecule has 1 unspecified atom stereocenters. The van der Waals surface area contributed by atoms with Gasteiger partial charge in [-0.1, -0.05) is 0 Å². The molecule has 2 aromatic rings. The van der Waals surface area contributed by atoms with Crippen LogP contribution >= 0.6 is 0 Å². The maximum Gasteiger partial charge on any atom is 0.152 e. The Morgan fingerprint density at radius 3 is 2.95 bits per heavy atom. The lowest BCUT2D eigenvalue weighted by molar-refractivity contribution is -0.0163. The van der Waals surface area contributed by atoms with Crippen molar-refractivity contribution in [1.29, 1.82) is 0 Å². The summed E-state index contributed by atoms with van der Waals surface area (Å²) in [7, 11) is 0. The van der Waals surface area contributed by atoms with Gasteiger partial charge >= 0.3 is 0 Å². The molecule has 1 aliphatic heterocycles. The van der Waals surface area contributed by atoms with Gasteiger partial charge < -0.3 is 15.2 Å². The standard InChI is InChI=1S/C15H23N5O2/c1-12-9-13-14(16-3-4-20(13)18-12)17-10-15(2,21)11-19-5-7-22-8-6-19/h3-4,9,21H,5-8,10-11H2,1-2H3,(H,16,17). The van der Waals surface area contributed by atoms with E-state index in [4.69, 9.17) is 4.74 Å². The van der Waals surface area contributed by atoms with Crippen LogP contribution in [0.4, 0.5) is 5.82 Å². The van der Waals surface area contributed by atoms with Crippen molar-refractivity contribution in [2.24, 2.45) is 0 Å². The summed E-state index contributed by atoms with van der Waals surface area (Å²) in [5, 5.41) is 18.2. The normalized spacial score (nSPS) is 19.2. The lowest BCUT2D eigenvalue weighted by Crippen LogP contribution is -2.49. The highest BCUT2D eigenvalue weighted by Gasteiger charge is 2.25. The first-order chi connectivity index (χ1) is 10.5. The molecule has 1 saturated heterocycles. The Hall–Kier alpha value is -1.70. The van der Waals surface area contributed by atoms with E-state index < -0.39 is 5.60 Å². The summed E-state index contributed by atoms with van der Waals surface area (Å²) in [6, 6.07) is 1.98. The number of morpholine rings is 1. The van der Waals surface area contributed by atoms with Crippen molar-refractivity contribution in [1.82, 2.24) is 19.5 Å². The molecule has 7 nitrogen and oxygen atoms in total.